The molecule has 2 aliphatic rings. The van der Waals surface area contributed by atoms with Crippen LogP contribution < -0.4 is 11.3 Å². The van der Waals surface area contributed by atoms with E-state index in [1.165, 1.54) is 0 Å². The molecule has 3 N–H and O–H groups in total. The second-order valence-electron chi connectivity index (χ2n) is 9.47. The Morgan fingerprint density at radius 2 is 2.09 bits per heavy atom. The smallest absolute Gasteiger partial charge is 0.280 e. The minimum absolute atomic E-state index is 0.0457. The van der Waals surface area contributed by atoms with Gasteiger partial charge in [0.05, 0.1) is 19.0 Å². The van der Waals surface area contributed by atoms with Crippen molar-refractivity contribution in [3.8, 4) is 0 Å². The van der Waals surface area contributed by atoms with Crippen LogP contribution in [0.2, 0.25) is 18.1 Å². The molecule has 14 heteroatoms. The van der Waals surface area contributed by atoms with Crippen molar-refractivity contribution < 1.29 is 13.7 Å². The Bertz CT molecular complexity index is 1090. The van der Waals surface area contributed by atoms with E-state index in [1.54, 1.807) is 33.7 Å². The van der Waals surface area contributed by atoms with E-state index in [2.05, 4.69) is 48.8 Å². The Labute approximate surface area is 201 Å². The summed E-state index contributed by atoms with van der Waals surface area (Å²) >= 11 is 9.26. The third kappa shape index (κ3) is 5.00. The molecule has 2 aromatic heterocycles. The number of ether oxygens (including phenoxy) is 1. The lowest BCUT2D eigenvalue weighted by atomic mass is 10.2. The number of fused-ring (bicyclic) bond motifs is 1. The lowest BCUT2D eigenvalue weighted by molar-refractivity contribution is -0.0335. The summed E-state index contributed by atoms with van der Waals surface area (Å²) in [5.41, 5.74) is 6.04. The summed E-state index contributed by atoms with van der Waals surface area (Å²) in [5, 5.41) is 0.0604. The molecule has 0 amide bonds. The molecule has 2 aromatic rings. The van der Waals surface area contributed by atoms with Crippen molar-refractivity contribution in [2.24, 2.45) is 0 Å². The number of nitrogen functional groups attached to an aromatic ring is 1. The normalized spacial score (nSPS) is 26.2. The molecule has 32 heavy (non-hydrogen) atoms. The second kappa shape index (κ2) is 8.99. The number of nitrogens with two attached hydrogens (primary N) is 1. The fourth-order valence-corrected chi connectivity index (χ4v) is 13.6. The first kappa shape index (κ1) is 24.7. The van der Waals surface area contributed by atoms with Crippen LogP contribution in [0.1, 0.15) is 33.4 Å². The third-order valence-corrected chi connectivity index (χ3v) is 20.5. The van der Waals surface area contributed by atoms with E-state index >= 15 is 0 Å². The van der Waals surface area contributed by atoms with Gasteiger partial charge in [0.1, 0.15) is 12.3 Å². The maximum absolute atomic E-state index is 12.2. The van der Waals surface area contributed by atoms with E-state index in [0.717, 1.165) is 11.5 Å². The first-order valence-corrected chi connectivity index (χ1v) is 19.3. The summed E-state index contributed by atoms with van der Waals surface area (Å²) in [4.78, 5) is 23.2. The van der Waals surface area contributed by atoms with E-state index in [9.17, 15) is 4.79 Å². The number of rotatable bonds is 6. The minimum atomic E-state index is -2.06. The number of aromatic nitrogens is 4. The second-order valence-corrected chi connectivity index (χ2v) is 25.0. The van der Waals surface area contributed by atoms with Crippen LogP contribution in [-0.4, -0.2) is 58.2 Å². The van der Waals surface area contributed by atoms with Gasteiger partial charge in [-0.15, -0.1) is 0 Å². The average molecular weight is 536 g/mol. The summed E-state index contributed by atoms with van der Waals surface area (Å²) in [7, 11) is -2.06. The molecule has 4 heterocycles. The van der Waals surface area contributed by atoms with Crippen molar-refractivity contribution in [3.63, 3.8) is 0 Å². The Balaban J connectivity index is 1.60. The molecular weight excluding hydrogens is 505 g/mol. The first-order chi connectivity index (χ1) is 14.9. The van der Waals surface area contributed by atoms with E-state index in [0.29, 0.717) is 18.7 Å². The molecule has 0 unspecified atom stereocenters. The van der Waals surface area contributed by atoms with Crippen molar-refractivity contribution in [1.82, 2.24) is 19.5 Å². The van der Waals surface area contributed by atoms with Crippen molar-refractivity contribution in [2.45, 2.75) is 63.8 Å². The Hall–Kier alpha value is -0.403. The molecule has 0 aliphatic carbocycles. The third-order valence-electron chi connectivity index (χ3n) is 6.17. The van der Waals surface area contributed by atoms with Crippen molar-refractivity contribution in [2.75, 3.05) is 23.8 Å². The van der Waals surface area contributed by atoms with Crippen molar-refractivity contribution >= 4 is 64.7 Å². The van der Waals surface area contributed by atoms with Gasteiger partial charge in [-0.2, -0.15) is 4.98 Å². The summed E-state index contributed by atoms with van der Waals surface area (Å²) in [6.45, 7) is 11.5. The van der Waals surface area contributed by atoms with Gasteiger partial charge in [0.2, 0.25) is 5.95 Å². The van der Waals surface area contributed by atoms with Crippen molar-refractivity contribution in [3.05, 3.63) is 16.7 Å². The number of H-pyrrole nitrogens is 1. The molecule has 9 nitrogen and oxygen atoms in total. The lowest BCUT2D eigenvalue weighted by Gasteiger charge is -2.39. The SMILES string of the molecule is CC(C)(C)[Si](C)(C)O[C@H]1C[C@H](n2cnc3c(=O)[nH]c(N)nc32)O[C@@H]1COP1(=S)SCCS1. The van der Waals surface area contributed by atoms with Gasteiger partial charge in [0, 0.05) is 17.9 Å². The summed E-state index contributed by atoms with van der Waals surface area (Å²) < 4.78 is 19.3. The standard InChI is InChI=1S/C18H30N5O4PS3Si/c1-18(2,3)32(4,5)27-11-8-13(26-12(11)9-25-28(29)30-6-7-31-28)23-10-20-14-15(23)21-17(19)22-16(14)24/h10-13H,6-9H2,1-5H3,(H3,19,21,22,24)/t11-,12+,13+/m0/s1. The van der Waals surface area contributed by atoms with Crippen molar-refractivity contribution in [1.29, 1.82) is 0 Å². The number of nitrogens with one attached hydrogen (secondary N) is 1. The summed E-state index contributed by atoms with van der Waals surface area (Å²) in [6.07, 6.45) is 1.36. The van der Waals surface area contributed by atoms with Crippen LogP contribution in [0, 0.1) is 0 Å². The predicted octanol–water partition coefficient (Wildman–Crippen LogP) is 4.10. The topological polar surface area (TPSA) is 117 Å². The van der Waals surface area contributed by atoms with Gasteiger partial charge in [-0.05, 0) is 29.9 Å². The number of aromatic amines is 1. The number of anilines is 1. The Kier molecular flexibility index (Phi) is 6.94. The van der Waals surface area contributed by atoms with Gasteiger partial charge in [-0.1, -0.05) is 43.5 Å². The van der Waals surface area contributed by atoms with Crippen LogP contribution in [0.25, 0.3) is 11.2 Å². The van der Waals surface area contributed by atoms with Crippen LogP contribution >= 0.6 is 27.4 Å². The zero-order valence-corrected chi connectivity index (χ0v) is 23.2. The van der Waals surface area contributed by atoms with Gasteiger partial charge >= 0.3 is 0 Å². The van der Waals surface area contributed by atoms with Crippen LogP contribution in [0.15, 0.2) is 11.1 Å². The first-order valence-electron chi connectivity index (χ1n) is 10.5. The van der Waals surface area contributed by atoms with Gasteiger partial charge in [-0.25, -0.2) is 4.98 Å². The maximum atomic E-state index is 12.2. The molecule has 4 rings (SSSR count). The zero-order chi connectivity index (χ0) is 23.3. The number of hydrogen-bond acceptors (Lipinski definition) is 10. The Morgan fingerprint density at radius 1 is 1.41 bits per heavy atom. The number of nitrogens with zero attached hydrogens (tertiary/aromatic N) is 3. The van der Waals surface area contributed by atoms with Gasteiger partial charge in [0.25, 0.3) is 5.56 Å². The number of imidazole rings is 1. The monoisotopic (exact) mass is 535 g/mol. The molecule has 0 aromatic carbocycles. The van der Waals surface area contributed by atoms with E-state index in [1.807, 2.05) is 0 Å². The van der Waals surface area contributed by atoms with E-state index < -0.39 is 13.0 Å². The van der Waals surface area contributed by atoms with E-state index in [-0.39, 0.29) is 40.5 Å². The average Bonchev–Trinajstić information content (AvgIpc) is 3.38. The molecule has 0 spiro atoms. The predicted molar refractivity (Wildman–Crippen MR) is 138 cm³/mol. The highest BCUT2D eigenvalue weighted by molar-refractivity contribution is 9.00. The van der Waals surface area contributed by atoms with Crippen LogP contribution in [-0.2, 0) is 25.5 Å². The van der Waals surface area contributed by atoms with Crippen LogP contribution in [0.4, 0.5) is 5.95 Å². The van der Waals surface area contributed by atoms with Gasteiger partial charge in [-0.3, -0.25) is 14.3 Å². The molecule has 2 aliphatic heterocycles. The van der Waals surface area contributed by atoms with Crippen LogP contribution in [0.5, 0.6) is 0 Å². The van der Waals surface area contributed by atoms with Gasteiger partial charge in [0.15, 0.2) is 24.1 Å². The van der Waals surface area contributed by atoms with Gasteiger partial charge < -0.3 is 19.4 Å². The Morgan fingerprint density at radius 3 is 2.75 bits per heavy atom. The summed E-state index contributed by atoms with van der Waals surface area (Å²) in [6, 6.07) is 0. The largest absolute Gasteiger partial charge is 0.411 e. The zero-order valence-electron chi connectivity index (χ0n) is 18.9. The minimum Gasteiger partial charge on any atom is -0.411 e. The molecule has 2 saturated heterocycles. The van der Waals surface area contributed by atoms with Crippen LogP contribution in [0.3, 0.4) is 0 Å². The molecule has 0 bridgehead atoms. The lowest BCUT2D eigenvalue weighted by Crippen LogP contribution is -2.46. The molecule has 0 radical (unpaired) electrons. The highest BCUT2D eigenvalue weighted by Crippen LogP contribution is 2.74. The maximum Gasteiger partial charge on any atom is 0.280 e. The number of hydrogen-bond donors (Lipinski definition) is 2. The molecular formula is C18H30N5O4PS3Si. The molecule has 2 fully saturated rings. The summed E-state index contributed by atoms with van der Waals surface area (Å²) in [5.74, 6) is 2.11. The molecule has 3 atom stereocenters. The quantitative estimate of drug-likeness (QED) is 0.413. The fraction of sp³-hybridized carbons (Fsp3) is 0.722. The molecule has 178 valence electrons. The highest BCUT2D eigenvalue weighted by atomic mass is 33.2. The molecule has 0 saturated carbocycles. The highest BCUT2D eigenvalue weighted by Gasteiger charge is 2.46. The van der Waals surface area contributed by atoms with E-state index in [4.69, 9.17) is 31.2 Å². The fourth-order valence-electron chi connectivity index (χ4n) is 3.43.